The second kappa shape index (κ2) is 7.65. The van der Waals surface area contributed by atoms with Crippen molar-refractivity contribution in [2.75, 3.05) is 23.3 Å². The van der Waals surface area contributed by atoms with Crippen LogP contribution in [0.1, 0.15) is 24.8 Å². The summed E-state index contributed by atoms with van der Waals surface area (Å²) in [7, 11) is 0. The first-order valence-electron chi connectivity index (χ1n) is 9.37. The van der Waals surface area contributed by atoms with Gasteiger partial charge in [0.05, 0.1) is 23.5 Å². The van der Waals surface area contributed by atoms with Crippen LogP contribution in [0.3, 0.4) is 0 Å². The molecule has 1 fully saturated rings. The van der Waals surface area contributed by atoms with Gasteiger partial charge < -0.3 is 20.1 Å². The van der Waals surface area contributed by atoms with Gasteiger partial charge in [-0.2, -0.15) is 0 Å². The highest BCUT2D eigenvalue weighted by Crippen LogP contribution is 2.32. The quantitative estimate of drug-likeness (QED) is 0.588. The topological polar surface area (TPSA) is 78.9 Å². The molecule has 1 saturated heterocycles. The van der Waals surface area contributed by atoms with Crippen molar-refractivity contribution >= 4 is 34.9 Å². The number of anilines is 2. The summed E-state index contributed by atoms with van der Waals surface area (Å²) in [5, 5.41) is 13.6. The zero-order chi connectivity index (χ0) is 20.6. The van der Waals surface area contributed by atoms with Crippen molar-refractivity contribution in [3.8, 4) is 5.75 Å². The number of aliphatic hydroxyl groups is 1. The van der Waals surface area contributed by atoms with Crippen LogP contribution in [0.5, 0.6) is 5.75 Å². The molecular weight excluding hydrogens is 399 g/mol. The van der Waals surface area contributed by atoms with Crippen LogP contribution in [0.2, 0.25) is 5.02 Å². The largest absolute Gasteiger partial charge is 0.426 e. The first-order valence-corrected chi connectivity index (χ1v) is 9.75. The maximum absolute atomic E-state index is 13.3. The summed E-state index contributed by atoms with van der Waals surface area (Å²) in [4.78, 5) is 25.8. The van der Waals surface area contributed by atoms with E-state index in [0.29, 0.717) is 37.4 Å². The number of ether oxygens (including phenoxy) is 1. The third-order valence-corrected chi connectivity index (χ3v) is 5.65. The van der Waals surface area contributed by atoms with Crippen LogP contribution < -0.4 is 15.0 Å². The number of hydrogen-bond acceptors (Lipinski definition) is 5. The predicted octanol–water partition coefficient (Wildman–Crippen LogP) is 3.30. The maximum atomic E-state index is 13.3. The van der Waals surface area contributed by atoms with Gasteiger partial charge in [-0.1, -0.05) is 17.7 Å². The summed E-state index contributed by atoms with van der Waals surface area (Å²) in [6.45, 7) is 1.06. The van der Waals surface area contributed by atoms with Crippen LogP contribution >= 0.6 is 11.6 Å². The normalized spacial score (nSPS) is 17.6. The number of carbonyl (C=O) groups excluding carboxylic acids is 2. The lowest BCUT2D eigenvalue weighted by Gasteiger charge is -2.39. The van der Waals surface area contributed by atoms with Gasteiger partial charge in [-0.25, -0.2) is 4.39 Å². The molecule has 0 saturated carbocycles. The first kappa shape index (κ1) is 19.7. The van der Waals surface area contributed by atoms with Crippen LogP contribution in [-0.2, 0) is 16.0 Å². The van der Waals surface area contributed by atoms with Crippen molar-refractivity contribution in [2.45, 2.75) is 31.3 Å². The number of esters is 1. The highest BCUT2D eigenvalue weighted by molar-refractivity contribution is 6.31. The molecule has 2 aromatic rings. The minimum Gasteiger partial charge on any atom is -0.426 e. The SMILES string of the molecule is O=C(CC1(O)CCN(c2ccc(F)c(Cl)c2)CC1)Nc1ccc2c(c1)OC(=O)C2. The lowest BCUT2D eigenvalue weighted by molar-refractivity contribution is -0.131. The molecule has 0 unspecified atom stereocenters. The molecule has 0 spiro atoms. The number of fused-ring (bicyclic) bond motifs is 1. The number of rotatable bonds is 4. The number of hydrogen-bond donors (Lipinski definition) is 2. The average molecular weight is 419 g/mol. The Morgan fingerprint density at radius 3 is 2.72 bits per heavy atom. The number of amides is 1. The van der Waals surface area contributed by atoms with E-state index in [1.54, 1.807) is 30.3 Å². The number of benzene rings is 2. The summed E-state index contributed by atoms with van der Waals surface area (Å²) < 4.78 is 18.4. The van der Waals surface area contributed by atoms with Crippen molar-refractivity contribution in [3.05, 3.63) is 52.8 Å². The molecule has 6 nitrogen and oxygen atoms in total. The Labute approximate surface area is 172 Å². The van der Waals surface area contributed by atoms with Crippen LogP contribution in [-0.4, -0.2) is 35.7 Å². The smallest absolute Gasteiger partial charge is 0.315 e. The van der Waals surface area contributed by atoms with E-state index in [1.165, 1.54) is 6.07 Å². The van der Waals surface area contributed by atoms with E-state index >= 15 is 0 Å². The second-order valence-electron chi connectivity index (χ2n) is 7.51. The van der Waals surface area contributed by atoms with E-state index in [0.717, 1.165) is 11.3 Å². The summed E-state index contributed by atoms with van der Waals surface area (Å²) in [5.41, 5.74) is 0.981. The molecular formula is C21H20ClFN2O4. The van der Waals surface area contributed by atoms with Crippen molar-refractivity contribution in [1.82, 2.24) is 0 Å². The van der Waals surface area contributed by atoms with Crippen LogP contribution in [0.15, 0.2) is 36.4 Å². The monoisotopic (exact) mass is 418 g/mol. The molecule has 0 bridgehead atoms. The predicted molar refractivity (Wildman–Crippen MR) is 107 cm³/mol. The minimum absolute atomic E-state index is 0.0398. The molecule has 0 aliphatic carbocycles. The highest BCUT2D eigenvalue weighted by Gasteiger charge is 2.35. The van der Waals surface area contributed by atoms with Gasteiger partial charge in [-0.15, -0.1) is 0 Å². The number of nitrogens with zero attached hydrogens (tertiary/aromatic N) is 1. The fourth-order valence-electron chi connectivity index (χ4n) is 3.73. The van der Waals surface area contributed by atoms with Crippen molar-refractivity contribution in [1.29, 1.82) is 0 Å². The zero-order valence-corrected chi connectivity index (χ0v) is 16.3. The third-order valence-electron chi connectivity index (χ3n) is 5.36. The zero-order valence-electron chi connectivity index (χ0n) is 15.6. The van der Waals surface area contributed by atoms with Gasteiger partial charge in [0.2, 0.25) is 5.91 Å². The van der Waals surface area contributed by atoms with Crippen molar-refractivity contribution in [3.63, 3.8) is 0 Å². The lowest BCUT2D eigenvalue weighted by atomic mass is 9.87. The Morgan fingerprint density at radius 2 is 2.00 bits per heavy atom. The first-order chi connectivity index (χ1) is 13.8. The van der Waals surface area contributed by atoms with E-state index in [9.17, 15) is 19.1 Å². The number of carbonyl (C=O) groups is 2. The molecule has 2 aliphatic rings. The molecule has 0 aromatic heterocycles. The van der Waals surface area contributed by atoms with Gasteiger partial charge in [0.15, 0.2) is 0 Å². The van der Waals surface area contributed by atoms with E-state index < -0.39 is 11.4 Å². The van der Waals surface area contributed by atoms with Crippen molar-refractivity contribution < 1.29 is 23.8 Å². The fourth-order valence-corrected chi connectivity index (χ4v) is 3.91. The minimum atomic E-state index is -1.12. The van der Waals surface area contributed by atoms with Gasteiger partial charge in [-0.05, 0) is 37.1 Å². The maximum Gasteiger partial charge on any atom is 0.315 e. The number of halogens is 2. The fraction of sp³-hybridized carbons (Fsp3) is 0.333. The summed E-state index contributed by atoms with van der Waals surface area (Å²) >= 11 is 5.85. The van der Waals surface area contributed by atoms with E-state index in [2.05, 4.69) is 5.32 Å². The van der Waals surface area contributed by atoms with E-state index in [4.69, 9.17) is 16.3 Å². The molecule has 0 radical (unpaired) electrons. The second-order valence-corrected chi connectivity index (χ2v) is 7.92. The number of nitrogens with one attached hydrogen (secondary N) is 1. The van der Waals surface area contributed by atoms with Gasteiger partial charge in [0.25, 0.3) is 0 Å². The Balaban J connectivity index is 1.34. The lowest BCUT2D eigenvalue weighted by Crippen LogP contribution is -2.46. The molecule has 152 valence electrons. The van der Waals surface area contributed by atoms with Crippen molar-refractivity contribution in [2.24, 2.45) is 0 Å². The standard InChI is InChI=1S/C21H20ClFN2O4/c22-16-11-15(3-4-17(16)23)25-7-5-21(28,6-8-25)12-19(26)24-14-2-1-13-9-20(27)29-18(13)10-14/h1-4,10-11,28H,5-9,12H2,(H,24,26). The molecule has 1 amide bonds. The Bertz CT molecular complexity index is 973. The average Bonchev–Trinajstić information content (AvgIpc) is 3.03. The molecule has 2 N–H and O–H groups in total. The number of piperidine rings is 1. The Kier molecular flexibility index (Phi) is 5.19. The Hall–Kier alpha value is -2.64. The molecule has 2 aliphatic heterocycles. The molecule has 2 heterocycles. The molecule has 4 rings (SSSR count). The molecule has 8 heteroatoms. The van der Waals surface area contributed by atoms with Gasteiger partial charge >= 0.3 is 5.97 Å². The van der Waals surface area contributed by atoms with Gasteiger partial charge in [-0.3, -0.25) is 9.59 Å². The molecule has 0 atom stereocenters. The highest BCUT2D eigenvalue weighted by atomic mass is 35.5. The summed E-state index contributed by atoms with van der Waals surface area (Å²) in [6.07, 6.45) is 0.995. The van der Waals surface area contributed by atoms with Crippen LogP contribution in [0, 0.1) is 5.82 Å². The third kappa shape index (κ3) is 4.36. The summed E-state index contributed by atoms with van der Waals surface area (Å²) in [6, 6.07) is 9.61. The van der Waals surface area contributed by atoms with Gasteiger partial charge in [0, 0.05) is 36.1 Å². The van der Waals surface area contributed by atoms with E-state index in [-0.39, 0.29) is 29.7 Å². The molecule has 2 aromatic carbocycles. The summed E-state index contributed by atoms with van der Waals surface area (Å²) in [5.74, 6) is -0.637. The van der Waals surface area contributed by atoms with Gasteiger partial charge in [0.1, 0.15) is 11.6 Å². The van der Waals surface area contributed by atoms with Crippen LogP contribution in [0.4, 0.5) is 15.8 Å². The van der Waals surface area contributed by atoms with E-state index in [1.807, 2.05) is 4.90 Å². The molecule has 29 heavy (non-hydrogen) atoms. The Morgan fingerprint density at radius 1 is 1.24 bits per heavy atom. The van der Waals surface area contributed by atoms with Crippen LogP contribution in [0.25, 0.3) is 0 Å².